The van der Waals surface area contributed by atoms with Gasteiger partial charge in [-0.3, -0.25) is 29.0 Å². The Bertz CT molecular complexity index is 2120. The van der Waals surface area contributed by atoms with Crippen molar-refractivity contribution in [1.82, 2.24) is 9.80 Å². The highest BCUT2D eigenvalue weighted by Gasteiger charge is 2.36. The summed E-state index contributed by atoms with van der Waals surface area (Å²) in [6, 6.07) is 14.5. The zero-order valence-electron chi connectivity index (χ0n) is 31.9. The fraction of sp³-hybridized carbons (Fsp3) is 0.429. The fourth-order valence-electron chi connectivity index (χ4n) is 7.42. The standard InChI is InChI=1S/C42H46N2O13/c1-2-14-50-18-20-52-22-23-53-21-19-51-15-11-43-39(46)31-7-3-27-29-5-9-33-38-34(10-6-30(36(29)38)28-4-8-32(40(43)47)37(31)35(27)28)42(49)44(41(33)48)12-16-54-24-56-26-57-25-55-17-13-45/h3-10,45H,2,11-26H2,1H3. The molecule has 15 heteroatoms. The van der Waals surface area contributed by atoms with Crippen LogP contribution in [0.3, 0.4) is 0 Å². The lowest BCUT2D eigenvalue weighted by Crippen LogP contribution is -2.42. The van der Waals surface area contributed by atoms with Crippen molar-refractivity contribution in [2.45, 2.75) is 13.3 Å². The maximum Gasteiger partial charge on any atom is 0.261 e. The number of fused-ring (bicyclic) bond motifs is 2. The van der Waals surface area contributed by atoms with Gasteiger partial charge in [-0.05, 0) is 63.0 Å². The van der Waals surface area contributed by atoms with Gasteiger partial charge in [0.15, 0.2) is 6.79 Å². The molecule has 2 aliphatic rings. The van der Waals surface area contributed by atoms with Crippen molar-refractivity contribution in [2.75, 3.05) is 106 Å². The molecule has 2 aliphatic heterocycles. The lowest BCUT2D eigenvalue weighted by atomic mass is 9.82. The lowest BCUT2D eigenvalue weighted by molar-refractivity contribution is -0.171. The maximum atomic E-state index is 13.8. The van der Waals surface area contributed by atoms with Crippen molar-refractivity contribution in [2.24, 2.45) is 0 Å². The molecule has 0 fully saturated rings. The van der Waals surface area contributed by atoms with Crippen LogP contribution in [0.5, 0.6) is 0 Å². The number of amides is 4. The van der Waals surface area contributed by atoms with Gasteiger partial charge in [-0.15, -0.1) is 0 Å². The third-order valence-corrected chi connectivity index (χ3v) is 9.92. The molecular weight excluding hydrogens is 740 g/mol. The smallest absolute Gasteiger partial charge is 0.261 e. The molecule has 0 saturated carbocycles. The maximum absolute atomic E-state index is 13.8. The monoisotopic (exact) mass is 786 g/mol. The van der Waals surface area contributed by atoms with Crippen molar-refractivity contribution in [3.05, 3.63) is 70.8 Å². The van der Waals surface area contributed by atoms with Gasteiger partial charge in [-0.1, -0.05) is 31.2 Å². The first kappa shape index (κ1) is 40.5. The number of carbonyl (C=O) groups is 4. The molecule has 1 N–H and O–H groups in total. The SMILES string of the molecule is CCCOCCOCCOCCOCCN1C(=O)c2ccc3c4ccc5c6c(ccc(c7ccc(c2c37)C1=O)c64)C(=O)N(CCOCOCOCOCCO)C5=O. The summed E-state index contributed by atoms with van der Waals surface area (Å²) in [5.41, 5.74) is 1.66. The molecule has 0 unspecified atom stereocenters. The molecule has 0 aromatic heterocycles. The number of imide groups is 2. The second-order valence-corrected chi connectivity index (χ2v) is 13.4. The van der Waals surface area contributed by atoms with Crippen molar-refractivity contribution in [1.29, 1.82) is 0 Å². The van der Waals surface area contributed by atoms with Crippen LogP contribution in [0.1, 0.15) is 54.8 Å². The quantitative estimate of drug-likeness (QED) is 0.0292. The molecule has 57 heavy (non-hydrogen) atoms. The second-order valence-electron chi connectivity index (χ2n) is 13.4. The van der Waals surface area contributed by atoms with Crippen LogP contribution >= 0.6 is 0 Å². The highest BCUT2D eigenvalue weighted by Crippen LogP contribution is 2.46. The van der Waals surface area contributed by atoms with Crippen LogP contribution in [0.15, 0.2) is 48.5 Å². The van der Waals surface area contributed by atoms with Crippen molar-refractivity contribution >= 4 is 66.7 Å². The van der Waals surface area contributed by atoms with Crippen LogP contribution in [0, 0.1) is 0 Å². The van der Waals surface area contributed by atoms with E-state index in [0.29, 0.717) is 72.7 Å². The molecule has 5 aromatic rings. The summed E-state index contributed by atoms with van der Waals surface area (Å²) in [4.78, 5) is 57.6. The average Bonchev–Trinajstić information content (AvgIpc) is 3.22. The molecule has 5 aromatic carbocycles. The lowest BCUT2D eigenvalue weighted by Gasteiger charge is -2.30. The average molecular weight is 787 g/mol. The summed E-state index contributed by atoms with van der Waals surface area (Å²) in [6.45, 7) is 5.55. The minimum absolute atomic E-state index is 0.0191. The van der Waals surface area contributed by atoms with Gasteiger partial charge in [-0.25, -0.2) is 0 Å². The molecule has 15 nitrogen and oxygen atoms in total. The minimum Gasteiger partial charge on any atom is -0.394 e. The summed E-state index contributed by atoms with van der Waals surface area (Å²) in [6.07, 6.45) is 0.974. The van der Waals surface area contributed by atoms with Crippen LogP contribution in [0.4, 0.5) is 0 Å². The third kappa shape index (κ3) is 8.34. The Hall–Kier alpha value is -4.68. The zero-order valence-corrected chi connectivity index (χ0v) is 31.9. The fourth-order valence-corrected chi connectivity index (χ4v) is 7.42. The van der Waals surface area contributed by atoms with Gasteiger partial charge in [0.2, 0.25) is 0 Å². The Labute approximate surface area is 328 Å². The summed E-state index contributed by atoms with van der Waals surface area (Å²) < 4.78 is 42.8. The topological polar surface area (TPSA) is 169 Å². The van der Waals surface area contributed by atoms with Gasteiger partial charge in [0.05, 0.1) is 79.2 Å². The molecule has 0 saturated heterocycles. The highest BCUT2D eigenvalue weighted by atomic mass is 16.8. The van der Waals surface area contributed by atoms with E-state index < -0.39 is 23.6 Å². The summed E-state index contributed by atoms with van der Waals surface area (Å²) in [5.74, 6) is -1.64. The largest absolute Gasteiger partial charge is 0.394 e. The van der Waals surface area contributed by atoms with E-state index in [1.807, 2.05) is 24.3 Å². The van der Waals surface area contributed by atoms with Gasteiger partial charge < -0.3 is 43.0 Å². The number of nitrogens with zero attached hydrogens (tertiary/aromatic N) is 2. The van der Waals surface area contributed by atoms with Crippen molar-refractivity contribution in [3.63, 3.8) is 0 Å². The van der Waals surface area contributed by atoms with E-state index in [1.54, 1.807) is 24.3 Å². The second kappa shape index (κ2) is 19.2. The number of aliphatic hydroxyl groups excluding tert-OH is 1. The van der Waals surface area contributed by atoms with E-state index in [-0.39, 0.29) is 59.9 Å². The third-order valence-electron chi connectivity index (χ3n) is 9.92. The molecule has 4 amide bonds. The van der Waals surface area contributed by atoms with E-state index >= 15 is 0 Å². The van der Waals surface area contributed by atoms with Crippen LogP contribution in [0.2, 0.25) is 0 Å². The number of carbonyl (C=O) groups excluding carboxylic acids is 4. The van der Waals surface area contributed by atoms with Crippen LogP contribution in [-0.4, -0.2) is 145 Å². The number of hydrogen-bond donors (Lipinski definition) is 1. The Morgan fingerprint density at radius 2 is 0.737 bits per heavy atom. The first-order valence-corrected chi connectivity index (χ1v) is 19.1. The number of aliphatic hydroxyl groups is 1. The normalized spacial score (nSPS) is 14.2. The number of rotatable bonds is 25. The molecule has 0 atom stereocenters. The van der Waals surface area contributed by atoms with Crippen LogP contribution in [-0.2, 0) is 37.9 Å². The molecular formula is C42H46N2O13. The van der Waals surface area contributed by atoms with Gasteiger partial charge in [0.25, 0.3) is 23.6 Å². The molecule has 0 radical (unpaired) electrons. The van der Waals surface area contributed by atoms with Crippen molar-refractivity contribution in [3.8, 4) is 0 Å². The van der Waals surface area contributed by atoms with Gasteiger partial charge in [0, 0.05) is 39.6 Å². The Kier molecular flexibility index (Phi) is 13.6. The van der Waals surface area contributed by atoms with E-state index in [9.17, 15) is 19.2 Å². The Morgan fingerprint density at radius 3 is 1.12 bits per heavy atom. The van der Waals surface area contributed by atoms with Gasteiger partial charge in [0.1, 0.15) is 13.6 Å². The Balaban J connectivity index is 1.02. The van der Waals surface area contributed by atoms with E-state index in [2.05, 4.69) is 6.92 Å². The minimum atomic E-state index is -0.428. The summed E-state index contributed by atoms with van der Waals surface area (Å²) >= 11 is 0. The number of ether oxygens (including phenoxy) is 8. The number of hydrogen-bond acceptors (Lipinski definition) is 13. The molecule has 302 valence electrons. The zero-order chi connectivity index (χ0) is 39.7. The number of benzene rings is 5. The van der Waals surface area contributed by atoms with Gasteiger partial charge >= 0.3 is 0 Å². The Morgan fingerprint density at radius 1 is 0.404 bits per heavy atom. The van der Waals surface area contributed by atoms with Crippen LogP contribution < -0.4 is 0 Å². The first-order valence-electron chi connectivity index (χ1n) is 19.1. The van der Waals surface area contributed by atoms with Gasteiger partial charge in [-0.2, -0.15) is 0 Å². The molecule has 0 spiro atoms. The first-order chi connectivity index (χ1) is 28.0. The van der Waals surface area contributed by atoms with Crippen LogP contribution in [0.25, 0.3) is 43.1 Å². The van der Waals surface area contributed by atoms with E-state index in [0.717, 1.165) is 45.3 Å². The van der Waals surface area contributed by atoms with E-state index in [1.165, 1.54) is 9.80 Å². The molecule has 0 bridgehead atoms. The molecule has 0 aliphatic carbocycles. The van der Waals surface area contributed by atoms with Crippen molar-refractivity contribution < 1.29 is 62.2 Å². The predicted octanol–water partition coefficient (Wildman–Crippen LogP) is 4.34. The summed E-state index contributed by atoms with van der Waals surface area (Å²) in [5, 5.41) is 14.7. The highest BCUT2D eigenvalue weighted by molar-refractivity contribution is 6.41. The molecule has 2 heterocycles. The van der Waals surface area contributed by atoms with E-state index in [4.69, 9.17) is 43.0 Å². The summed E-state index contributed by atoms with van der Waals surface area (Å²) in [7, 11) is 0. The predicted molar refractivity (Wildman–Crippen MR) is 208 cm³/mol. The molecule has 7 rings (SSSR count).